The molecule has 0 spiro atoms. The standard InChI is InChI=1S/C26H32N2O16/c1-12(29)27-20-21(34)24(42-16(5)33)26(25(35)38-6,43-18-9-7-17(8-10-18)28(36)37)44-23(20)22(41-15(4)32)19(40-14(3)31)11-39-13(2)30/h7-10,19-24,34H,11H2,1-6H3,(H,27,29)/t19-,20-,21+,22+,23-,24-,26-/m1/s1. The molecule has 1 aromatic carbocycles. The van der Waals surface area contributed by atoms with E-state index in [4.69, 9.17) is 33.2 Å². The second-order valence-electron chi connectivity index (χ2n) is 9.37. The molecule has 0 saturated carbocycles. The number of nitro benzene ring substituents is 1. The molecule has 0 aromatic heterocycles. The van der Waals surface area contributed by atoms with Crippen molar-refractivity contribution < 1.29 is 72.0 Å². The van der Waals surface area contributed by atoms with Gasteiger partial charge in [0.1, 0.15) is 24.6 Å². The molecule has 242 valence electrons. The molecule has 1 aliphatic rings. The third-order valence-electron chi connectivity index (χ3n) is 5.93. The van der Waals surface area contributed by atoms with Crippen molar-refractivity contribution >= 4 is 41.4 Å². The predicted octanol–water partition coefficient (Wildman–Crippen LogP) is -0.534. The van der Waals surface area contributed by atoms with Crippen molar-refractivity contribution in [1.29, 1.82) is 0 Å². The van der Waals surface area contributed by atoms with E-state index in [0.717, 1.165) is 66.0 Å². The molecular weight excluding hydrogens is 596 g/mol. The fraction of sp³-hybridized carbons (Fsp3) is 0.538. The van der Waals surface area contributed by atoms with Crippen LogP contribution in [0.5, 0.6) is 5.75 Å². The third kappa shape index (κ3) is 8.83. The van der Waals surface area contributed by atoms with Crippen LogP contribution in [0.25, 0.3) is 0 Å². The maximum atomic E-state index is 13.5. The summed E-state index contributed by atoms with van der Waals surface area (Å²) in [6.45, 7) is 4.23. The van der Waals surface area contributed by atoms with Gasteiger partial charge >= 0.3 is 35.6 Å². The van der Waals surface area contributed by atoms with Gasteiger partial charge in [0.2, 0.25) is 12.0 Å². The van der Waals surface area contributed by atoms with Crippen LogP contribution in [0.1, 0.15) is 34.6 Å². The number of ether oxygens (including phenoxy) is 7. The third-order valence-corrected chi connectivity index (χ3v) is 5.93. The fourth-order valence-corrected chi connectivity index (χ4v) is 4.35. The molecule has 1 saturated heterocycles. The number of carbonyl (C=O) groups is 6. The number of esters is 5. The van der Waals surface area contributed by atoms with E-state index in [2.05, 4.69) is 5.32 Å². The first-order valence-corrected chi connectivity index (χ1v) is 12.8. The van der Waals surface area contributed by atoms with E-state index < -0.39 is 89.6 Å². The van der Waals surface area contributed by atoms with E-state index in [9.17, 15) is 44.0 Å². The van der Waals surface area contributed by atoms with Gasteiger partial charge in [-0.2, -0.15) is 0 Å². The molecule has 2 N–H and O–H groups in total. The normalized spacial score (nSPS) is 24.0. The fourth-order valence-electron chi connectivity index (χ4n) is 4.35. The van der Waals surface area contributed by atoms with E-state index in [1.54, 1.807) is 0 Å². The van der Waals surface area contributed by atoms with Crippen LogP contribution in [0, 0.1) is 10.1 Å². The lowest BCUT2D eigenvalue weighted by Gasteiger charge is -2.50. The smallest absolute Gasteiger partial charge is 0.383 e. The van der Waals surface area contributed by atoms with E-state index in [-0.39, 0.29) is 11.4 Å². The number of aliphatic hydroxyl groups excluding tert-OH is 1. The van der Waals surface area contributed by atoms with Crippen molar-refractivity contribution in [1.82, 2.24) is 5.32 Å². The van der Waals surface area contributed by atoms with Crippen LogP contribution in [0.3, 0.4) is 0 Å². The highest BCUT2D eigenvalue weighted by Gasteiger charge is 2.66. The number of benzene rings is 1. The van der Waals surface area contributed by atoms with Gasteiger partial charge in [-0.25, -0.2) is 4.79 Å². The van der Waals surface area contributed by atoms with E-state index in [0.29, 0.717) is 0 Å². The van der Waals surface area contributed by atoms with Crippen LogP contribution in [-0.4, -0.2) is 102 Å². The highest BCUT2D eigenvalue weighted by Crippen LogP contribution is 2.39. The molecule has 18 nitrogen and oxygen atoms in total. The Morgan fingerprint density at radius 2 is 1.57 bits per heavy atom. The summed E-state index contributed by atoms with van der Waals surface area (Å²) in [5.41, 5.74) is -0.362. The van der Waals surface area contributed by atoms with Crippen molar-refractivity contribution in [3.63, 3.8) is 0 Å². The lowest BCUT2D eigenvalue weighted by atomic mass is 9.86. The summed E-state index contributed by atoms with van der Waals surface area (Å²) in [4.78, 5) is 84.1. The molecule has 18 heteroatoms. The number of hydrogen-bond acceptors (Lipinski definition) is 16. The first-order chi connectivity index (χ1) is 20.5. The Hall–Kier alpha value is -4.84. The van der Waals surface area contributed by atoms with Gasteiger partial charge in [0.15, 0.2) is 12.2 Å². The predicted molar refractivity (Wildman–Crippen MR) is 140 cm³/mol. The Balaban J connectivity index is 2.85. The number of rotatable bonds is 12. The Morgan fingerprint density at radius 1 is 0.977 bits per heavy atom. The number of nitrogens with one attached hydrogen (secondary N) is 1. The molecule has 1 aromatic rings. The van der Waals surface area contributed by atoms with Gasteiger partial charge in [-0.15, -0.1) is 0 Å². The number of aliphatic hydroxyl groups is 1. The molecule has 0 bridgehead atoms. The average molecular weight is 629 g/mol. The second-order valence-corrected chi connectivity index (χ2v) is 9.37. The minimum absolute atomic E-state index is 0.289. The Bertz CT molecular complexity index is 1270. The number of nitrogens with zero attached hydrogens (tertiary/aromatic N) is 1. The molecule has 1 heterocycles. The lowest BCUT2D eigenvalue weighted by molar-refractivity contribution is -0.384. The highest BCUT2D eigenvalue weighted by molar-refractivity contribution is 5.81. The van der Waals surface area contributed by atoms with Crippen LogP contribution in [-0.2, 0) is 57.2 Å². The summed E-state index contributed by atoms with van der Waals surface area (Å²) in [5, 5.41) is 25.1. The number of nitro groups is 1. The zero-order chi connectivity index (χ0) is 33.4. The Labute approximate surface area is 249 Å². The van der Waals surface area contributed by atoms with Crippen LogP contribution in [0.2, 0.25) is 0 Å². The summed E-state index contributed by atoms with van der Waals surface area (Å²) in [6, 6.07) is 2.45. The lowest BCUT2D eigenvalue weighted by Crippen LogP contribution is -2.76. The van der Waals surface area contributed by atoms with Gasteiger partial charge in [0.25, 0.3) is 5.69 Å². The molecule has 2 rings (SSSR count). The van der Waals surface area contributed by atoms with Crippen molar-refractivity contribution in [2.45, 2.75) is 77.0 Å². The first-order valence-electron chi connectivity index (χ1n) is 12.8. The van der Waals surface area contributed by atoms with Crippen LogP contribution in [0.4, 0.5) is 5.69 Å². The molecule has 0 aliphatic carbocycles. The van der Waals surface area contributed by atoms with Gasteiger partial charge in [-0.05, 0) is 12.1 Å². The molecule has 1 aliphatic heterocycles. The zero-order valence-corrected chi connectivity index (χ0v) is 24.5. The van der Waals surface area contributed by atoms with E-state index in [1.165, 1.54) is 0 Å². The largest absolute Gasteiger partial charge is 0.464 e. The molecule has 44 heavy (non-hydrogen) atoms. The minimum Gasteiger partial charge on any atom is -0.464 e. The van der Waals surface area contributed by atoms with E-state index >= 15 is 0 Å². The van der Waals surface area contributed by atoms with Crippen molar-refractivity contribution in [2.24, 2.45) is 0 Å². The second kappa shape index (κ2) is 15.1. The van der Waals surface area contributed by atoms with Crippen molar-refractivity contribution in [3.05, 3.63) is 34.4 Å². The zero-order valence-electron chi connectivity index (χ0n) is 24.5. The molecule has 1 amide bonds. The van der Waals surface area contributed by atoms with Gasteiger partial charge in [-0.1, -0.05) is 0 Å². The monoisotopic (exact) mass is 628 g/mol. The molecule has 1 fully saturated rings. The van der Waals surface area contributed by atoms with Crippen LogP contribution < -0.4 is 10.1 Å². The molecule has 0 radical (unpaired) electrons. The van der Waals surface area contributed by atoms with Crippen molar-refractivity contribution in [2.75, 3.05) is 13.7 Å². The highest BCUT2D eigenvalue weighted by atomic mass is 16.8. The Kier molecular flexibility index (Phi) is 12.1. The molecule has 7 atom stereocenters. The SMILES string of the molecule is COC(=O)[C@]1(Oc2ccc([N+](=O)[O-])cc2)O[C@@H]([C@@H](OC(C)=O)[C@@H](COC(C)=O)OC(C)=O)[C@H](NC(C)=O)[C@H](O)[C@H]1OC(C)=O. The van der Waals surface area contributed by atoms with Gasteiger partial charge in [0.05, 0.1) is 18.1 Å². The number of hydrogen-bond donors (Lipinski definition) is 2. The number of amides is 1. The average Bonchev–Trinajstić information content (AvgIpc) is 2.92. The van der Waals surface area contributed by atoms with Crippen LogP contribution in [0.15, 0.2) is 24.3 Å². The topological polar surface area (TPSA) is 242 Å². The summed E-state index contributed by atoms with van der Waals surface area (Å²) >= 11 is 0. The minimum atomic E-state index is -2.95. The summed E-state index contributed by atoms with van der Waals surface area (Å²) < 4.78 is 37.5. The van der Waals surface area contributed by atoms with Gasteiger partial charge < -0.3 is 43.6 Å². The number of methoxy groups -OCH3 is 1. The van der Waals surface area contributed by atoms with Crippen molar-refractivity contribution in [3.8, 4) is 5.75 Å². The maximum absolute atomic E-state index is 13.5. The number of non-ortho nitro benzene ring substituents is 1. The maximum Gasteiger partial charge on any atom is 0.383 e. The Morgan fingerprint density at radius 3 is 2.02 bits per heavy atom. The summed E-state index contributed by atoms with van der Waals surface area (Å²) in [7, 11) is 0.894. The summed E-state index contributed by atoms with van der Waals surface area (Å²) in [6.07, 6.45) is -9.58. The molecular formula is C26H32N2O16. The quantitative estimate of drug-likeness (QED) is 0.128. The molecule has 0 unspecified atom stereocenters. The van der Waals surface area contributed by atoms with Gasteiger partial charge in [-0.3, -0.25) is 34.1 Å². The number of carbonyl (C=O) groups excluding carboxylic acids is 6. The first kappa shape index (κ1) is 35.4. The summed E-state index contributed by atoms with van der Waals surface area (Å²) in [5.74, 6) is -9.26. The van der Waals surface area contributed by atoms with Gasteiger partial charge in [0, 0.05) is 46.8 Å². The van der Waals surface area contributed by atoms with E-state index in [1.807, 2.05) is 0 Å². The van der Waals surface area contributed by atoms with Crippen LogP contribution >= 0.6 is 0 Å².